The quantitative estimate of drug-likeness (QED) is 0.102. The van der Waals surface area contributed by atoms with E-state index in [1.165, 1.54) is 0 Å². The number of benzene rings is 5. The molecule has 5 rings (SSSR count). The summed E-state index contributed by atoms with van der Waals surface area (Å²) in [5.74, 6) is -0.902. The summed E-state index contributed by atoms with van der Waals surface area (Å²) in [6.07, 6.45) is -21.5. The van der Waals surface area contributed by atoms with E-state index in [0.717, 1.165) is 0 Å². The summed E-state index contributed by atoms with van der Waals surface area (Å²) < 4.78 is 176. The summed E-state index contributed by atoms with van der Waals surface area (Å²) in [6, 6.07) is 17.2. The molecule has 59 heavy (non-hydrogen) atoms. The van der Waals surface area contributed by atoms with Gasteiger partial charge in [-0.1, -0.05) is 110 Å². The normalized spacial score (nSPS) is 13.2. The summed E-state index contributed by atoms with van der Waals surface area (Å²) in [4.78, 5) is 0. The third-order valence-corrected chi connectivity index (χ3v) is 12.7. The highest BCUT2D eigenvalue weighted by Crippen LogP contribution is 2.50. The molecule has 0 heterocycles. The first-order chi connectivity index (χ1) is 27.1. The van der Waals surface area contributed by atoms with E-state index in [2.05, 4.69) is 0 Å². The number of hydrogen-bond donors (Lipinski definition) is 0. The van der Waals surface area contributed by atoms with Crippen molar-refractivity contribution >= 4 is 23.8 Å². The molecule has 0 fully saturated rings. The molecule has 0 spiro atoms. The molecule has 0 aromatic heterocycles. The SMILES string of the molecule is CC(C)c1cccc(C(C)C)c1-c1cccc(-c2c(C(C)C)cccc2C(C)C)c1P(c1cc(C(F)(F)F)cc(C(F)(F)F)c1)c1cc(C(F)(F)F)cc(C(F)(F)F)c1. The Labute approximate surface area is 337 Å². The second-order valence-corrected chi connectivity index (χ2v) is 18.0. The Balaban J connectivity index is 2.20. The molecule has 0 aliphatic rings. The van der Waals surface area contributed by atoms with Crippen LogP contribution in [-0.2, 0) is 24.7 Å². The lowest BCUT2D eigenvalue weighted by Gasteiger charge is -2.31. The highest BCUT2D eigenvalue weighted by Gasteiger charge is 2.42. The van der Waals surface area contributed by atoms with Crippen molar-refractivity contribution in [1.29, 1.82) is 0 Å². The smallest absolute Gasteiger partial charge is 0.166 e. The molecule has 0 aliphatic heterocycles. The van der Waals surface area contributed by atoms with Crippen LogP contribution in [0.4, 0.5) is 52.7 Å². The first kappa shape index (κ1) is 45.8. The van der Waals surface area contributed by atoms with Crippen molar-refractivity contribution in [2.24, 2.45) is 0 Å². The summed E-state index contributed by atoms with van der Waals surface area (Å²) in [5.41, 5.74) is -2.55. The maximum Gasteiger partial charge on any atom is 0.416 e. The van der Waals surface area contributed by atoms with E-state index < -0.39 is 65.5 Å². The molecule has 0 radical (unpaired) electrons. The van der Waals surface area contributed by atoms with Crippen LogP contribution in [0.1, 0.15) is 124 Å². The maximum absolute atomic E-state index is 14.6. The van der Waals surface area contributed by atoms with Crippen LogP contribution >= 0.6 is 7.92 Å². The lowest BCUT2D eigenvalue weighted by molar-refractivity contribution is -0.144. The van der Waals surface area contributed by atoms with Crippen LogP contribution in [0.15, 0.2) is 91.0 Å². The molecule has 0 nitrogen and oxygen atoms in total. The average Bonchev–Trinajstić information content (AvgIpc) is 3.12. The molecule has 316 valence electrons. The van der Waals surface area contributed by atoms with E-state index in [0.29, 0.717) is 57.6 Å². The molecule has 0 amide bonds. The largest absolute Gasteiger partial charge is 0.416 e. The molecule has 0 unspecified atom stereocenters. The third kappa shape index (κ3) is 9.69. The summed E-state index contributed by atoms with van der Waals surface area (Å²) in [6.45, 7) is 15.0. The van der Waals surface area contributed by atoms with Gasteiger partial charge >= 0.3 is 24.7 Å². The topological polar surface area (TPSA) is 0 Å². The van der Waals surface area contributed by atoms with Crippen molar-refractivity contribution in [2.75, 3.05) is 0 Å². The lowest BCUT2D eigenvalue weighted by atomic mass is 9.82. The monoisotopic (exact) mass is 854 g/mol. The number of rotatable bonds is 9. The minimum Gasteiger partial charge on any atom is -0.166 e. The first-order valence-corrected chi connectivity index (χ1v) is 20.2. The highest BCUT2D eigenvalue weighted by molar-refractivity contribution is 7.80. The van der Waals surface area contributed by atoms with Gasteiger partial charge in [-0.15, -0.1) is 0 Å². The second kappa shape index (κ2) is 16.6. The fraction of sp³-hybridized carbons (Fsp3) is 0.348. The third-order valence-electron chi connectivity index (χ3n) is 10.2. The van der Waals surface area contributed by atoms with Gasteiger partial charge < -0.3 is 0 Å². The van der Waals surface area contributed by atoms with Crippen LogP contribution in [0.25, 0.3) is 22.3 Å². The van der Waals surface area contributed by atoms with Crippen LogP contribution in [0.5, 0.6) is 0 Å². The zero-order valence-electron chi connectivity index (χ0n) is 33.5. The number of hydrogen-bond acceptors (Lipinski definition) is 0. The Kier molecular flexibility index (Phi) is 12.9. The van der Waals surface area contributed by atoms with Crippen LogP contribution in [0.2, 0.25) is 0 Å². The van der Waals surface area contributed by atoms with Gasteiger partial charge in [-0.2, -0.15) is 52.7 Å². The van der Waals surface area contributed by atoms with Crippen LogP contribution < -0.4 is 15.9 Å². The zero-order valence-corrected chi connectivity index (χ0v) is 34.3. The van der Waals surface area contributed by atoms with Gasteiger partial charge in [-0.25, -0.2) is 0 Å². The van der Waals surface area contributed by atoms with E-state index in [4.69, 9.17) is 0 Å². The Hall–Kier alpha value is -4.31. The van der Waals surface area contributed by atoms with E-state index in [1.807, 2.05) is 79.7 Å². The average molecular weight is 855 g/mol. The summed E-state index contributed by atoms with van der Waals surface area (Å²) >= 11 is 0. The summed E-state index contributed by atoms with van der Waals surface area (Å²) in [5, 5.41) is -1.44. The van der Waals surface area contributed by atoms with Crippen molar-refractivity contribution in [3.63, 3.8) is 0 Å². The van der Waals surface area contributed by atoms with Crippen LogP contribution in [0, 0.1) is 0 Å². The number of halogens is 12. The van der Waals surface area contributed by atoms with Gasteiger partial charge in [0.1, 0.15) is 0 Å². The predicted octanol–water partition coefficient (Wildman–Crippen LogP) is 15.3. The van der Waals surface area contributed by atoms with E-state index in [-0.39, 0.29) is 52.2 Å². The summed E-state index contributed by atoms with van der Waals surface area (Å²) in [7, 11) is -3.11. The van der Waals surface area contributed by atoms with Crippen LogP contribution in [-0.4, -0.2) is 0 Å². The first-order valence-electron chi connectivity index (χ1n) is 18.9. The zero-order chi connectivity index (χ0) is 44.2. The van der Waals surface area contributed by atoms with Crippen LogP contribution in [0.3, 0.4) is 0 Å². The van der Waals surface area contributed by atoms with Crippen molar-refractivity contribution in [2.45, 2.75) is 104 Å². The molecular weight excluding hydrogens is 811 g/mol. The van der Waals surface area contributed by atoms with Crippen molar-refractivity contribution in [1.82, 2.24) is 0 Å². The second-order valence-electron chi connectivity index (χ2n) is 15.8. The van der Waals surface area contributed by atoms with Gasteiger partial charge in [-0.3, -0.25) is 0 Å². The molecule has 0 aliphatic carbocycles. The predicted molar refractivity (Wildman–Crippen MR) is 212 cm³/mol. The van der Waals surface area contributed by atoms with Gasteiger partial charge in [0.25, 0.3) is 0 Å². The Morgan fingerprint density at radius 3 is 0.814 bits per heavy atom. The fourth-order valence-electron chi connectivity index (χ4n) is 7.45. The lowest BCUT2D eigenvalue weighted by Crippen LogP contribution is -2.29. The molecule has 0 saturated carbocycles. The van der Waals surface area contributed by atoms with Crippen molar-refractivity contribution in [3.05, 3.63) is 136 Å². The fourth-order valence-corrected chi connectivity index (χ4v) is 10.2. The molecule has 13 heteroatoms. The van der Waals surface area contributed by atoms with E-state index in [9.17, 15) is 52.7 Å². The standard InChI is InChI=1S/C46H43F12P/c1-24(2)34-12-9-13-35(25(3)4)40(34)38-16-11-17-39(41-36(26(5)6)14-10-15-37(41)27(7)8)42(38)59(32-20-28(43(47,48)49)18-29(21-32)44(50,51)52)33-22-30(45(53,54)55)19-31(23-33)46(56,57)58/h9-27H,1-8H3. The minimum absolute atomic E-state index is 0.0207. The number of alkyl halides is 12. The highest BCUT2D eigenvalue weighted by atomic mass is 31.1. The van der Waals surface area contributed by atoms with Crippen molar-refractivity contribution < 1.29 is 52.7 Å². The molecule has 0 N–H and O–H groups in total. The molecule has 5 aromatic rings. The molecular formula is C46H43F12P. The van der Waals surface area contributed by atoms with E-state index >= 15 is 0 Å². The Bertz CT molecular complexity index is 2030. The van der Waals surface area contributed by atoms with Gasteiger partial charge in [-0.05, 0) is 123 Å². The molecule has 0 saturated heterocycles. The van der Waals surface area contributed by atoms with Gasteiger partial charge in [0.15, 0.2) is 0 Å². The molecule has 5 aromatic carbocycles. The Morgan fingerprint density at radius 1 is 0.356 bits per heavy atom. The molecule has 0 bridgehead atoms. The Morgan fingerprint density at radius 2 is 0.593 bits per heavy atom. The van der Waals surface area contributed by atoms with Crippen molar-refractivity contribution in [3.8, 4) is 22.3 Å². The van der Waals surface area contributed by atoms with Gasteiger partial charge in [0.05, 0.1) is 22.3 Å². The maximum atomic E-state index is 14.6. The van der Waals surface area contributed by atoms with Gasteiger partial charge in [0.2, 0.25) is 0 Å². The molecule has 0 atom stereocenters. The van der Waals surface area contributed by atoms with Gasteiger partial charge in [0, 0.05) is 5.30 Å². The minimum atomic E-state index is -5.38. The van der Waals surface area contributed by atoms with E-state index in [1.54, 1.807) is 30.3 Å².